The van der Waals surface area contributed by atoms with Gasteiger partial charge >= 0.3 is 0 Å². The molecule has 3 heteroatoms. The number of ether oxygens (including phenoxy) is 1. The van der Waals surface area contributed by atoms with Gasteiger partial charge < -0.3 is 10.1 Å². The van der Waals surface area contributed by atoms with Gasteiger partial charge in [0.2, 0.25) is 0 Å². The van der Waals surface area contributed by atoms with Crippen molar-refractivity contribution in [1.82, 2.24) is 4.90 Å². The molecule has 1 atom stereocenters. The molecule has 0 radical (unpaired) electrons. The number of likely N-dealkylation sites (tertiary alicyclic amines) is 1. The molecule has 1 heterocycles. The van der Waals surface area contributed by atoms with E-state index >= 15 is 0 Å². The molecule has 1 saturated heterocycles. The summed E-state index contributed by atoms with van der Waals surface area (Å²) >= 11 is 0. The van der Waals surface area contributed by atoms with E-state index in [9.17, 15) is 0 Å². The Labute approximate surface area is 123 Å². The number of benzene rings is 1. The van der Waals surface area contributed by atoms with E-state index in [4.69, 9.17) is 4.74 Å². The highest BCUT2D eigenvalue weighted by molar-refractivity contribution is 5.56. The molecule has 0 bridgehead atoms. The molecule has 0 amide bonds. The fraction of sp³-hybridized carbons (Fsp3) is 0.647. The van der Waals surface area contributed by atoms with Crippen LogP contribution >= 0.6 is 0 Å². The molecule has 1 aromatic rings. The summed E-state index contributed by atoms with van der Waals surface area (Å²) in [4.78, 5) is 2.52. The Balaban J connectivity index is 1.95. The molecule has 0 saturated carbocycles. The van der Waals surface area contributed by atoms with E-state index in [1.807, 2.05) is 6.07 Å². The van der Waals surface area contributed by atoms with E-state index in [1.54, 1.807) is 0 Å². The predicted molar refractivity (Wildman–Crippen MR) is 85.5 cm³/mol. The first-order valence-corrected chi connectivity index (χ1v) is 7.78. The summed E-state index contributed by atoms with van der Waals surface area (Å²) in [7, 11) is 0. The fourth-order valence-electron chi connectivity index (χ4n) is 2.56. The van der Waals surface area contributed by atoms with E-state index in [1.165, 1.54) is 13.0 Å². The number of para-hydroxylation sites is 2. The molecule has 2 rings (SSSR count). The van der Waals surface area contributed by atoms with Gasteiger partial charge in [-0.15, -0.1) is 0 Å². The first kappa shape index (κ1) is 15.2. The van der Waals surface area contributed by atoms with Crippen LogP contribution in [-0.4, -0.2) is 36.7 Å². The van der Waals surface area contributed by atoms with Crippen molar-refractivity contribution in [3.8, 4) is 5.75 Å². The van der Waals surface area contributed by atoms with Crippen LogP contribution in [-0.2, 0) is 0 Å². The maximum Gasteiger partial charge on any atom is 0.142 e. The van der Waals surface area contributed by atoms with E-state index in [0.29, 0.717) is 18.0 Å². The Morgan fingerprint density at radius 3 is 2.65 bits per heavy atom. The average Bonchev–Trinajstić information content (AvgIpc) is 2.86. The minimum absolute atomic E-state index is 0.529. The van der Waals surface area contributed by atoms with Crippen molar-refractivity contribution < 1.29 is 4.74 Å². The number of anilines is 1. The molecule has 1 aliphatic rings. The molecule has 0 spiro atoms. The smallest absolute Gasteiger partial charge is 0.142 e. The Bertz CT molecular complexity index is 417. The van der Waals surface area contributed by atoms with Crippen molar-refractivity contribution in [2.24, 2.45) is 5.92 Å². The normalized spacial score (nSPS) is 19.8. The number of nitrogens with zero attached hydrogens (tertiary/aromatic N) is 1. The van der Waals surface area contributed by atoms with Crippen LogP contribution in [0.5, 0.6) is 5.75 Å². The first-order chi connectivity index (χ1) is 9.56. The van der Waals surface area contributed by atoms with Crippen molar-refractivity contribution in [1.29, 1.82) is 0 Å². The van der Waals surface area contributed by atoms with Crippen LogP contribution in [0.15, 0.2) is 24.3 Å². The quantitative estimate of drug-likeness (QED) is 0.859. The summed E-state index contributed by atoms with van der Waals surface area (Å²) in [6, 6.07) is 9.44. The molecule has 3 nitrogen and oxygen atoms in total. The van der Waals surface area contributed by atoms with E-state index in [2.05, 4.69) is 56.1 Å². The molecular weight excluding hydrogens is 248 g/mol. The summed E-state index contributed by atoms with van der Waals surface area (Å²) in [6.07, 6.45) is 1.21. The Kier molecular flexibility index (Phi) is 5.30. The summed E-state index contributed by atoms with van der Waals surface area (Å²) in [5, 5.41) is 3.65. The van der Waals surface area contributed by atoms with Crippen LogP contribution in [0.4, 0.5) is 5.69 Å². The molecule has 1 aliphatic heterocycles. The largest absolute Gasteiger partial charge is 0.491 e. The number of rotatable bonds is 6. The summed E-state index contributed by atoms with van der Waals surface area (Å²) in [5.74, 6) is 1.52. The zero-order valence-electron chi connectivity index (χ0n) is 13.2. The van der Waals surface area contributed by atoms with Crippen molar-refractivity contribution in [3.05, 3.63) is 24.3 Å². The standard InChI is InChI=1S/C17H28N2O/c1-13(2)12-20-17-8-6-5-7-16(17)18-15-9-10-19(11-15)14(3)4/h5-8,13-15,18H,9-12H2,1-4H3. The average molecular weight is 276 g/mol. The molecular formula is C17H28N2O. The molecule has 20 heavy (non-hydrogen) atoms. The SMILES string of the molecule is CC(C)COc1ccccc1NC1CCN(C(C)C)C1. The van der Waals surface area contributed by atoms with Gasteiger partial charge in [-0.1, -0.05) is 26.0 Å². The van der Waals surface area contributed by atoms with E-state index in [0.717, 1.165) is 24.6 Å². The van der Waals surface area contributed by atoms with Crippen molar-refractivity contribution in [2.45, 2.75) is 46.2 Å². The minimum Gasteiger partial charge on any atom is -0.491 e. The lowest BCUT2D eigenvalue weighted by Crippen LogP contribution is -2.31. The van der Waals surface area contributed by atoms with Crippen LogP contribution in [0, 0.1) is 5.92 Å². The minimum atomic E-state index is 0.529. The molecule has 1 unspecified atom stereocenters. The van der Waals surface area contributed by atoms with Crippen molar-refractivity contribution in [3.63, 3.8) is 0 Å². The van der Waals surface area contributed by atoms with Gasteiger partial charge in [0.25, 0.3) is 0 Å². The highest BCUT2D eigenvalue weighted by Crippen LogP contribution is 2.27. The second kappa shape index (κ2) is 6.98. The van der Waals surface area contributed by atoms with Gasteiger partial charge in [0.1, 0.15) is 5.75 Å². The second-order valence-corrected chi connectivity index (χ2v) is 6.42. The monoisotopic (exact) mass is 276 g/mol. The molecule has 1 fully saturated rings. The first-order valence-electron chi connectivity index (χ1n) is 7.78. The third kappa shape index (κ3) is 4.14. The maximum atomic E-state index is 5.91. The van der Waals surface area contributed by atoms with Gasteiger partial charge in [0, 0.05) is 25.2 Å². The van der Waals surface area contributed by atoms with Crippen molar-refractivity contribution in [2.75, 3.05) is 25.0 Å². The molecule has 1 N–H and O–H groups in total. The van der Waals surface area contributed by atoms with Crippen LogP contribution in [0.2, 0.25) is 0 Å². The lowest BCUT2D eigenvalue weighted by Gasteiger charge is -2.21. The zero-order chi connectivity index (χ0) is 14.5. The number of hydrogen-bond donors (Lipinski definition) is 1. The highest BCUT2D eigenvalue weighted by atomic mass is 16.5. The van der Waals surface area contributed by atoms with Crippen LogP contribution < -0.4 is 10.1 Å². The topological polar surface area (TPSA) is 24.5 Å². The summed E-state index contributed by atoms with van der Waals surface area (Å²) < 4.78 is 5.91. The van der Waals surface area contributed by atoms with Crippen LogP contribution in [0.3, 0.4) is 0 Å². The van der Waals surface area contributed by atoms with Crippen LogP contribution in [0.1, 0.15) is 34.1 Å². The third-order valence-corrected chi connectivity index (χ3v) is 3.77. The lowest BCUT2D eigenvalue weighted by molar-refractivity contribution is 0.270. The van der Waals surface area contributed by atoms with Crippen molar-refractivity contribution >= 4 is 5.69 Å². The second-order valence-electron chi connectivity index (χ2n) is 6.42. The zero-order valence-corrected chi connectivity index (χ0v) is 13.2. The molecule has 0 aromatic heterocycles. The molecule has 0 aliphatic carbocycles. The van der Waals surface area contributed by atoms with Gasteiger partial charge in [-0.2, -0.15) is 0 Å². The highest BCUT2D eigenvalue weighted by Gasteiger charge is 2.24. The van der Waals surface area contributed by atoms with Crippen LogP contribution in [0.25, 0.3) is 0 Å². The van der Waals surface area contributed by atoms with Gasteiger partial charge in [-0.25, -0.2) is 0 Å². The number of nitrogens with one attached hydrogen (secondary N) is 1. The predicted octanol–water partition coefficient (Wildman–Crippen LogP) is 3.62. The Morgan fingerprint density at radius 1 is 1.25 bits per heavy atom. The maximum absolute atomic E-state index is 5.91. The molecule has 112 valence electrons. The lowest BCUT2D eigenvalue weighted by atomic mass is 10.2. The summed E-state index contributed by atoms with van der Waals surface area (Å²) in [5.41, 5.74) is 1.13. The Morgan fingerprint density at radius 2 is 2.00 bits per heavy atom. The van der Waals surface area contributed by atoms with Gasteiger partial charge in [0.05, 0.1) is 12.3 Å². The fourth-order valence-corrected chi connectivity index (χ4v) is 2.56. The molecule has 1 aromatic carbocycles. The van der Waals surface area contributed by atoms with Gasteiger partial charge in [0.15, 0.2) is 0 Å². The van der Waals surface area contributed by atoms with E-state index < -0.39 is 0 Å². The Hall–Kier alpha value is -1.22. The van der Waals surface area contributed by atoms with Gasteiger partial charge in [-0.05, 0) is 38.3 Å². The third-order valence-electron chi connectivity index (χ3n) is 3.77. The van der Waals surface area contributed by atoms with Gasteiger partial charge in [-0.3, -0.25) is 4.90 Å². The van der Waals surface area contributed by atoms with E-state index in [-0.39, 0.29) is 0 Å². The summed E-state index contributed by atoms with van der Waals surface area (Å²) in [6.45, 7) is 12.0. The number of hydrogen-bond acceptors (Lipinski definition) is 3.